The molecule has 3 unspecified atom stereocenters. The van der Waals surface area contributed by atoms with Crippen LogP contribution < -0.4 is 0 Å². The number of fused-ring (bicyclic) bond motifs is 1. The fraction of sp³-hybridized carbons (Fsp3) is 0.611. The minimum Gasteiger partial charge on any atom is -0.468 e. The van der Waals surface area contributed by atoms with E-state index in [1.54, 1.807) is 23.1 Å². The summed E-state index contributed by atoms with van der Waals surface area (Å²) in [4.78, 5) is 31.2. The third-order valence-corrected chi connectivity index (χ3v) is 5.10. The zero-order valence-electron chi connectivity index (χ0n) is 14.9. The molecule has 0 radical (unpaired) electrons. The van der Waals surface area contributed by atoms with Gasteiger partial charge in [-0.25, -0.2) is 9.78 Å². The summed E-state index contributed by atoms with van der Waals surface area (Å²) in [5, 5.41) is 0.340. The molecule has 25 heavy (non-hydrogen) atoms. The van der Waals surface area contributed by atoms with E-state index in [0.29, 0.717) is 23.8 Å². The van der Waals surface area contributed by atoms with Crippen LogP contribution in [-0.2, 0) is 19.7 Å². The quantitative estimate of drug-likeness (QED) is 0.594. The highest BCUT2D eigenvalue weighted by molar-refractivity contribution is 6.29. The summed E-state index contributed by atoms with van der Waals surface area (Å²) >= 11 is 6.04. The molecule has 2 heterocycles. The molecule has 7 heteroatoms. The molecule has 1 aromatic rings. The van der Waals surface area contributed by atoms with Crippen LogP contribution in [0, 0.1) is 5.92 Å². The van der Waals surface area contributed by atoms with Gasteiger partial charge in [-0.15, -0.1) is 0 Å². The molecular formula is C18H23ClN2O4. The van der Waals surface area contributed by atoms with Gasteiger partial charge in [0.05, 0.1) is 12.8 Å². The molecule has 3 rings (SSSR count). The van der Waals surface area contributed by atoms with E-state index in [9.17, 15) is 9.59 Å². The molecule has 1 aromatic heterocycles. The summed E-state index contributed by atoms with van der Waals surface area (Å²) in [6.45, 7) is 5.94. The Labute approximate surface area is 152 Å². The van der Waals surface area contributed by atoms with Crippen molar-refractivity contribution in [2.75, 3.05) is 13.7 Å². The van der Waals surface area contributed by atoms with Crippen molar-refractivity contribution in [1.82, 2.24) is 9.88 Å². The minimum atomic E-state index is -0.858. The van der Waals surface area contributed by atoms with E-state index < -0.39 is 11.0 Å². The number of aromatic nitrogens is 1. The third kappa shape index (κ3) is 3.19. The van der Waals surface area contributed by atoms with Crippen molar-refractivity contribution in [2.45, 2.75) is 50.7 Å². The lowest BCUT2D eigenvalue weighted by Crippen LogP contribution is -2.52. The van der Waals surface area contributed by atoms with Gasteiger partial charge in [0.15, 0.2) is 0 Å². The lowest BCUT2D eigenvalue weighted by atomic mass is 9.74. The van der Waals surface area contributed by atoms with Crippen LogP contribution in [0.15, 0.2) is 18.2 Å². The molecule has 0 aromatic carbocycles. The van der Waals surface area contributed by atoms with Gasteiger partial charge in [0.25, 0.3) is 0 Å². The molecule has 6 nitrogen and oxygen atoms in total. The van der Waals surface area contributed by atoms with Crippen molar-refractivity contribution in [1.29, 1.82) is 0 Å². The molecule has 1 saturated heterocycles. The maximum Gasteiger partial charge on any atom is 0.410 e. The molecule has 1 saturated carbocycles. The van der Waals surface area contributed by atoms with Gasteiger partial charge >= 0.3 is 12.1 Å². The van der Waals surface area contributed by atoms with Crippen LogP contribution >= 0.6 is 11.6 Å². The highest BCUT2D eigenvalue weighted by atomic mass is 35.5. The van der Waals surface area contributed by atoms with E-state index in [0.717, 1.165) is 6.42 Å². The largest absolute Gasteiger partial charge is 0.468 e. The van der Waals surface area contributed by atoms with Gasteiger partial charge in [-0.05, 0) is 45.7 Å². The molecule has 1 amide bonds. The van der Waals surface area contributed by atoms with Crippen LogP contribution in [0.5, 0.6) is 0 Å². The van der Waals surface area contributed by atoms with E-state index in [1.807, 2.05) is 20.8 Å². The fourth-order valence-corrected chi connectivity index (χ4v) is 3.93. The van der Waals surface area contributed by atoms with Crippen LogP contribution in [-0.4, -0.2) is 47.2 Å². The number of hydrogen-bond acceptors (Lipinski definition) is 5. The molecule has 2 aliphatic rings. The minimum absolute atomic E-state index is 0.0350. The summed E-state index contributed by atoms with van der Waals surface area (Å²) < 4.78 is 10.6. The zero-order valence-corrected chi connectivity index (χ0v) is 15.7. The molecular weight excluding hydrogens is 344 g/mol. The van der Waals surface area contributed by atoms with Crippen LogP contribution in [0.2, 0.25) is 5.15 Å². The van der Waals surface area contributed by atoms with Crippen molar-refractivity contribution < 1.29 is 19.1 Å². The van der Waals surface area contributed by atoms with Crippen molar-refractivity contribution in [3.8, 4) is 0 Å². The maximum atomic E-state index is 12.7. The average Bonchev–Trinajstić information content (AvgIpc) is 3.32. The molecule has 136 valence electrons. The Morgan fingerprint density at radius 2 is 2.08 bits per heavy atom. The number of esters is 1. The van der Waals surface area contributed by atoms with Crippen LogP contribution in [0.1, 0.15) is 39.3 Å². The second-order valence-electron chi connectivity index (χ2n) is 7.64. The molecule has 0 spiro atoms. The summed E-state index contributed by atoms with van der Waals surface area (Å²) in [5.74, 6) is -0.356. The molecule has 2 fully saturated rings. The zero-order chi connectivity index (χ0) is 18.4. The van der Waals surface area contributed by atoms with Crippen molar-refractivity contribution in [3.63, 3.8) is 0 Å². The van der Waals surface area contributed by atoms with E-state index in [2.05, 4.69) is 4.98 Å². The van der Waals surface area contributed by atoms with E-state index in [1.165, 1.54) is 7.11 Å². The first-order valence-corrected chi connectivity index (χ1v) is 8.78. The Morgan fingerprint density at radius 1 is 1.36 bits per heavy atom. The lowest BCUT2D eigenvalue weighted by molar-refractivity contribution is -0.150. The number of carbonyl (C=O) groups is 2. The highest BCUT2D eigenvalue weighted by Crippen LogP contribution is 2.55. The number of nitrogens with zero attached hydrogens (tertiary/aromatic N) is 2. The second kappa shape index (κ2) is 6.16. The number of amides is 1. The molecule has 0 bridgehead atoms. The van der Waals surface area contributed by atoms with Gasteiger partial charge in [0.1, 0.15) is 16.2 Å². The summed E-state index contributed by atoms with van der Waals surface area (Å²) in [6.07, 6.45) is 0.827. The number of halogens is 1. The average molecular weight is 367 g/mol. The van der Waals surface area contributed by atoms with Gasteiger partial charge in [0.2, 0.25) is 0 Å². The van der Waals surface area contributed by atoms with Crippen molar-refractivity contribution in [2.24, 2.45) is 5.92 Å². The van der Waals surface area contributed by atoms with Crippen molar-refractivity contribution in [3.05, 3.63) is 29.0 Å². The second-order valence-corrected chi connectivity index (χ2v) is 8.03. The Morgan fingerprint density at radius 3 is 2.68 bits per heavy atom. The monoisotopic (exact) mass is 366 g/mol. The van der Waals surface area contributed by atoms with Crippen molar-refractivity contribution >= 4 is 23.7 Å². The number of methoxy groups -OCH3 is 1. The molecule has 1 aliphatic carbocycles. The Bertz CT molecular complexity index is 703. The lowest BCUT2D eigenvalue weighted by Gasteiger charge is -2.39. The predicted octanol–water partition coefficient (Wildman–Crippen LogP) is 3.18. The van der Waals surface area contributed by atoms with E-state index in [-0.39, 0.29) is 24.0 Å². The number of piperidine rings is 1. The Kier molecular flexibility index (Phi) is 4.43. The predicted molar refractivity (Wildman–Crippen MR) is 92.4 cm³/mol. The number of likely N-dealkylation sites (tertiary alicyclic amines) is 1. The third-order valence-electron chi connectivity index (χ3n) is 4.89. The smallest absolute Gasteiger partial charge is 0.410 e. The number of ether oxygens (including phenoxy) is 2. The molecule has 0 N–H and O–H groups in total. The normalized spacial score (nSPS) is 28.1. The number of pyridine rings is 1. The SMILES string of the molecule is COC(=O)C1(c2cccc(Cl)n2)CCN(C(=O)OC(C)(C)C)C2CC21. The molecule has 3 atom stereocenters. The Hall–Kier alpha value is -1.82. The van der Waals surface area contributed by atoms with Gasteiger partial charge in [-0.1, -0.05) is 17.7 Å². The van der Waals surface area contributed by atoms with Gasteiger partial charge in [-0.2, -0.15) is 0 Å². The first-order valence-electron chi connectivity index (χ1n) is 8.40. The first-order chi connectivity index (χ1) is 11.7. The van der Waals surface area contributed by atoms with E-state index >= 15 is 0 Å². The van der Waals surface area contributed by atoms with Gasteiger partial charge in [0, 0.05) is 18.5 Å². The standard InChI is InChI=1S/C18H23ClN2O4/c1-17(2,3)25-16(23)21-9-8-18(15(22)24-4,11-10-12(11)21)13-6-5-7-14(19)20-13/h5-7,11-12H,8-10H2,1-4H3. The summed E-state index contributed by atoms with van der Waals surface area (Å²) in [6, 6.07) is 5.23. The van der Waals surface area contributed by atoms with Crippen LogP contribution in [0.25, 0.3) is 0 Å². The number of hydrogen-bond donors (Lipinski definition) is 0. The van der Waals surface area contributed by atoms with E-state index in [4.69, 9.17) is 21.1 Å². The van der Waals surface area contributed by atoms with Crippen LogP contribution in [0.3, 0.4) is 0 Å². The topological polar surface area (TPSA) is 68.7 Å². The van der Waals surface area contributed by atoms with Gasteiger partial charge < -0.3 is 14.4 Å². The summed E-state index contributed by atoms with van der Waals surface area (Å²) in [7, 11) is 1.38. The number of carbonyl (C=O) groups excluding carboxylic acids is 2. The highest BCUT2D eigenvalue weighted by Gasteiger charge is 2.65. The fourth-order valence-electron chi connectivity index (χ4n) is 3.77. The molecule has 1 aliphatic heterocycles. The number of rotatable bonds is 2. The summed E-state index contributed by atoms with van der Waals surface area (Å²) in [5.41, 5.74) is -0.793. The van der Waals surface area contributed by atoms with Crippen LogP contribution in [0.4, 0.5) is 4.79 Å². The maximum absolute atomic E-state index is 12.7. The van der Waals surface area contributed by atoms with Gasteiger partial charge in [-0.3, -0.25) is 4.79 Å². The first kappa shape index (κ1) is 18.0. The Balaban J connectivity index is 1.88.